The molecular weight excluding hydrogens is 264 g/mol. The Morgan fingerprint density at radius 1 is 1.26 bits per heavy atom. The number of carbonyl (C=O) groups excluding carboxylic acids is 1. The highest BCUT2D eigenvalue weighted by atomic mass is 35.5. The SMILES string of the molecule is O=C(Oc1cncc(Cl)c1)c1c[nH]c2ccccc12. The Labute approximate surface area is 114 Å². The number of rotatable bonds is 2. The molecule has 3 rings (SSSR count). The second-order valence-electron chi connectivity index (χ2n) is 3.98. The monoisotopic (exact) mass is 272 g/mol. The average molecular weight is 273 g/mol. The predicted molar refractivity (Wildman–Crippen MR) is 72.5 cm³/mol. The molecule has 0 saturated heterocycles. The van der Waals surface area contributed by atoms with Gasteiger partial charge in [-0.1, -0.05) is 29.8 Å². The predicted octanol–water partition coefficient (Wildman–Crippen LogP) is 3.44. The van der Waals surface area contributed by atoms with Gasteiger partial charge in [-0.05, 0) is 6.07 Å². The summed E-state index contributed by atoms with van der Waals surface area (Å²) < 4.78 is 5.24. The lowest BCUT2D eigenvalue weighted by atomic mass is 10.2. The van der Waals surface area contributed by atoms with Crippen LogP contribution in [-0.2, 0) is 0 Å². The number of H-pyrrole nitrogens is 1. The fraction of sp³-hybridized carbons (Fsp3) is 0. The minimum atomic E-state index is -0.443. The summed E-state index contributed by atoms with van der Waals surface area (Å²) in [6.45, 7) is 0. The summed E-state index contributed by atoms with van der Waals surface area (Å²) in [6.07, 6.45) is 4.55. The second-order valence-corrected chi connectivity index (χ2v) is 4.41. The fourth-order valence-corrected chi connectivity index (χ4v) is 2.01. The van der Waals surface area contributed by atoms with Crippen molar-refractivity contribution in [3.8, 4) is 5.75 Å². The van der Waals surface area contributed by atoms with Crippen LogP contribution in [0.2, 0.25) is 5.02 Å². The Morgan fingerprint density at radius 3 is 2.95 bits per heavy atom. The van der Waals surface area contributed by atoms with Gasteiger partial charge in [0.05, 0.1) is 16.8 Å². The largest absolute Gasteiger partial charge is 0.421 e. The van der Waals surface area contributed by atoms with E-state index in [0.29, 0.717) is 16.3 Å². The molecule has 94 valence electrons. The third-order valence-electron chi connectivity index (χ3n) is 2.70. The fourth-order valence-electron chi connectivity index (χ4n) is 1.85. The Bertz CT molecular complexity index is 752. The number of carbonyl (C=O) groups is 1. The number of para-hydroxylation sites is 1. The van der Waals surface area contributed by atoms with Crippen LogP contribution in [-0.4, -0.2) is 15.9 Å². The van der Waals surface area contributed by atoms with Crippen molar-refractivity contribution in [3.63, 3.8) is 0 Å². The lowest BCUT2D eigenvalue weighted by Crippen LogP contribution is -2.07. The molecule has 2 aromatic heterocycles. The first-order valence-electron chi connectivity index (χ1n) is 5.63. The maximum Gasteiger partial charge on any atom is 0.345 e. The van der Waals surface area contributed by atoms with Gasteiger partial charge in [0.25, 0.3) is 0 Å². The Kier molecular flexibility index (Phi) is 2.93. The number of pyridine rings is 1. The van der Waals surface area contributed by atoms with Crippen molar-refractivity contribution in [2.45, 2.75) is 0 Å². The highest BCUT2D eigenvalue weighted by Gasteiger charge is 2.14. The first-order chi connectivity index (χ1) is 9.24. The molecule has 0 radical (unpaired) electrons. The maximum atomic E-state index is 12.1. The molecule has 0 amide bonds. The van der Waals surface area contributed by atoms with E-state index in [0.717, 1.165) is 10.9 Å². The number of nitrogens with one attached hydrogen (secondary N) is 1. The summed E-state index contributed by atoms with van der Waals surface area (Å²) in [7, 11) is 0. The average Bonchev–Trinajstić information content (AvgIpc) is 2.82. The number of benzene rings is 1. The number of nitrogens with zero attached hydrogens (tertiary/aromatic N) is 1. The molecular formula is C14H9ClN2O2. The lowest BCUT2D eigenvalue weighted by Gasteiger charge is -2.03. The molecule has 5 heteroatoms. The molecule has 1 aromatic carbocycles. The molecule has 0 fully saturated rings. The van der Waals surface area contributed by atoms with Crippen molar-refractivity contribution >= 4 is 28.5 Å². The Morgan fingerprint density at radius 2 is 2.11 bits per heavy atom. The summed E-state index contributed by atoms with van der Waals surface area (Å²) in [5.41, 5.74) is 1.37. The van der Waals surface area contributed by atoms with Gasteiger partial charge >= 0.3 is 5.97 Å². The zero-order valence-electron chi connectivity index (χ0n) is 9.76. The summed E-state index contributed by atoms with van der Waals surface area (Å²) in [6, 6.07) is 9.07. The van der Waals surface area contributed by atoms with E-state index in [1.54, 1.807) is 12.3 Å². The molecule has 4 nitrogen and oxygen atoms in total. The van der Waals surface area contributed by atoms with Crippen molar-refractivity contribution in [2.75, 3.05) is 0 Å². The minimum Gasteiger partial charge on any atom is -0.421 e. The zero-order chi connectivity index (χ0) is 13.2. The third kappa shape index (κ3) is 2.30. The van der Waals surface area contributed by atoms with E-state index >= 15 is 0 Å². The van der Waals surface area contributed by atoms with Gasteiger partial charge in [-0.25, -0.2) is 4.79 Å². The quantitative estimate of drug-likeness (QED) is 0.727. The number of hydrogen-bond donors (Lipinski definition) is 1. The van der Waals surface area contributed by atoms with Gasteiger partial charge in [-0.2, -0.15) is 0 Å². The molecule has 0 aliphatic carbocycles. The first-order valence-corrected chi connectivity index (χ1v) is 6.01. The number of aromatic nitrogens is 2. The molecule has 2 heterocycles. The number of esters is 1. The van der Waals surface area contributed by atoms with Gasteiger partial charge in [-0.3, -0.25) is 4.98 Å². The van der Waals surface area contributed by atoms with Crippen LogP contribution in [0.4, 0.5) is 0 Å². The number of fused-ring (bicyclic) bond motifs is 1. The molecule has 0 atom stereocenters. The van der Waals surface area contributed by atoms with Crippen LogP contribution in [0, 0.1) is 0 Å². The standard InChI is InChI=1S/C14H9ClN2O2/c15-9-5-10(7-16-6-9)19-14(18)12-8-17-13-4-2-1-3-11(12)13/h1-8,17H. The third-order valence-corrected chi connectivity index (χ3v) is 2.91. The first kappa shape index (κ1) is 11.7. The van der Waals surface area contributed by atoms with E-state index in [9.17, 15) is 4.79 Å². The summed E-state index contributed by atoms with van der Waals surface area (Å²) in [4.78, 5) is 19.0. The van der Waals surface area contributed by atoms with Gasteiger partial charge in [-0.15, -0.1) is 0 Å². The van der Waals surface area contributed by atoms with Crippen LogP contribution in [0.1, 0.15) is 10.4 Å². The molecule has 3 aromatic rings. The molecule has 0 aliphatic heterocycles. The smallest absolute Gasteiger partial charge is 0.345 e. The molecule has 0 spiro atoms. The van der Waals surface area contributed by atoms with E-state index in [2.05, 4.69) is 9.97 Å². The van der Waals surface area contributed by atoms with Gasteiger partial charge < -0.3 is 9.72 Å². The Balaban J connectivity index is 1.92. The normalized spacial score (nSPS) is 10.6. The van der Waals surface area contributed by atoms with Crippen LogP contribution in [0.5, 0.6) is 5.75 Å². The number of ether oxygens (including phenoxy) is 1. The molecule has 0 unspecified atom stereocenters. The molecule has 1 N–H and O–H groups in total. The van der Waals surface area contributed by atoms with E-state index in [-0.39, 0.29) is 0 Å². The van der Waals surface area contributed by atoms with Gasteiger partial charge in [0.15, 0.2) is 5.75 Å². The van der Waals surface area contributed by atoms with Crippen molar-refractivity contribution in [2.24, 2.45) is 0 Å². The topological polar surface area (TPSA) is 55.0 Å². The highest BCUT2D eigenvalue weighted by Crippen LogP contribution is 2.21. The molecule has 0 saturated carbocycles. The number of hydrogen-bond acceptors (Lipinski definition) is 3. The van der Waals surface area contributed by atoms with Crippen LogP contribution >= 0.6 is 11.6 Å². The van der Waals surface area contributed by atoms with Crippen molar-refractivity contribution in [1.29, 1.82) is 0 Å². The van der Waals surface area contributed by atoms with E-state index in [4.69, 9.17) is 16.3 Å². The van der Waals surface area contributed by atoms with Crippen LogP contribution in [0.3, 0.4) is 0 Å². The van der Waals surface area contributed by atoms with Crippen molar-refractivity contribution in [1.82, 2.24) is 9.97 Å². The van der Waals surface area contributed by atoms with Gasteiger partial charge in [0, 0.05) is 29.4 Å². The summed E-state index contributed by atoms with van der Waals surface area (Å²) >= 11 is 5.79. The van der Waals surface area contributed by atoms with Gasteiger partial charge in [0.2, 0.25) is 0 Å². The zero-order valence-corrected chi connectivity index (χ0v) is 10.5. The molecule has 0 aliphatic rings. The van der Waals surface area contributed by atoms with Gasteiger partial charge in [0.1, 0.15) is 0 Å². The van der Waals surface area contributed by atoms with E-state index in [1.165, 1.54) is 12.4 Å². The minimum absolute atomic E-state index is 0.322. The van der Waals surface area contributed by atoms with Crippen molar-refractivity contribution < 1.29 is 9.53 Å². The van der Waals surface area contributed by atoms with Crippen molar-refractivity contribution in [3.05, 3.63) is 59.5 Å². The second kappa shape index (κ2) is 4.74. The Hall–Kier alpha value is -2.33. The van der Waals surface area contributed by atoms with Crippen LogP contribution in [0.15, 0.2) is 48.9 Å². The summed E-state index contributed by atoms with van der Waals surface area (Å²) in [5, 5.41) is 1.24. The van der Waals surface area contributed by atoms with E-state index < -0.39 is 5.97 Å². The highest BCUT2D eigenvalue weighted by molar-refractivity contribution is 6.30. The maximum absolute atomic E-state index is 12.1. The molecule has 19 heavy (non-hydrogen) atoms. The van der Waals surface area contributed by atoms with E-state index in [1.807, 2.05) is 24.3 Å². The number of halogens is 1. The molecule has 0 bridgehead atoms. The lowest BCUT2D eigenvalue weighted by molar-refractivity contribution is 0.0736. The number of aromatic amines is 1. The summed E-state index contributed by atoms with van der Waals surface area (Å²) in [5.74, 6) is -0.121. The van der Waals surface area contributed by atoms with Crippen LogP contribution in [0.25, 0.3) is 10.9 Å². The van der Waals surface area contributed by atoms with Crippen LogP contribution < -0.4 is 4.74 Å².